The van der Waals surface area contributed by atoms with Crippen molar-refractivity contribution in [2.24, 2.45) is 4.99 Å². The molecule has 0 aliphatic rings. The molecule has 0 atom stereocenters. The van der Waals surface area contributed by atoms with Crippen LogP contribution in [0.2, 0.25) is 0 Å². The van der Waals surface area contributed by atoms with Crippen LogP contribution in [0.15, 0.2) is 21.6 Å². The Kier molecular flexibility index (Phi) is 3.96. The molecule has 1 nitrogen and oxygen atoms in total. The summed E-state index contributed by atoms with van der Waals surface area (Å²) in [5, 5.41) is -1.60. The third-order valence-electron chi connectivity index (χ3n) is 1.68. The smallest absolute Gasteiger partial charge is 0.229 e. The summed E-state index contributed by atoms with van der Waals surface area (Å²) in [6.45, 7) is 1.60. The first kappa shape index (κ1) is 13.4. The minimum Gasteiger partial charge on any atom is -0.229 e. The lowest BCUT2D eigenvalue weighted by Gasteiger charge is -2.05. The zero-order valence-electron chi connectivity index (χ0n) is 7.87. The SMILES string of the molecule is Cc1cc(N=C(Cl)C(F)(F)F)c(F)cc1Br. The summed E-state index contributed by atoms with van der Waals surface area (Å²) < 4.78 is 49.8. The number of halogens is 6. The van der Waals surface area contributed by atoms with Crippen LogP contribution in [0.1, 0.15) is 5.56 Å². The number of hydrogen-bond donors (Lipinski definition) is 0. The minimum absolute atomic E-state index is 0.442. The number of rotatable bonds is 1. The van der Waals surface area contributed by atoms with E-state index in [0.29, 0.717) is 10.0 Å². The van der Waals surface area contributed by atoms with Gasteiger partial charge in [-0.2, -0.15) is 13.2 Å². The maximum absolute atomic E-state index is 13.2. The van der Waals surface area contributed by atoms with Gasteiger partial charge >= 0.3 is 6.18 Å². The van der Waals surface area contributed by atoms with Crippen LogP contribution in [-0.2, 0) is 0 Å². The van der Waals surface area contributed by atoms with E-state index < -0.39 is 22.9 Å². The molecule has 0 radical (unpaired) electrons. The third-order valence-corrected chi connectivity index (χ3v) is 2.83. The summed E-state index contributed by atoms with van der Waals surface area (Å²) >= 11 is 7.94. The van der Waals surface area contributed by atoms with E-state index in [9.17, 15) is 17.6 Å². The molecule has 7 heteroatoms. The molecule has 1 aromatic rings. The molecule has 1 aromatic carbocycles. The van der Waals surface area contributed by atoms with Crippen molar-refractivity contribution >= 4 is 38.4 Å². The van der Waals surface area contributed by atoms with Gasteiger partial charge in [-0.15, -0.1) is 0 Å². The van der Waals surface area contributed by atoms with E-state index in [1.54, 1.807) is 6.92 Å². The lowest BCUT2D eigenvalue weighted by molar-refractivity contribution is -0.0558. The van der Waals surface area contributed by atoms with Gasteiger partial charge in [0.05, 0.1) is 0 Å². The summed E-state index contributed by atoms with van der Waals surface area (Å²) in [5.74, 6) is -0.875. The maximum atomic E-state index is 13.2. The number of nitrogens with zero attached hydrogens (tertiary/aromatic N) is 1. The number of alkyl halides is 3. The molecular formula is C9H5BrClF4N. The van der Waals surface area contributed by atoms with Crippen LogP contribution >= 0.6 is 27.5 Å². The summed E-state index contributed by atoms with van der Waals surface area (Å²) in [4.78, 5) is 2.99. The van der Waals surface area contributed by atoms with Gasteiger partial charge in [0.2, 0.25) is 5.17 Å². The van der Waals surface area contributed by atoms with Crippen molar-refractivity contribution < 1.29 is 17.6 Å². The van der Waals surface area contributed by atoms with Crippen LogP contribution in [0.5, 0.6) is 0 Å². The van der Waals surface area contributed by atoms with Gasteiger partial charge in [-0.05, 0) is 24.6 Å². The summed E-state index contributed by atoms with van der Waals surface area (Å²) in [7, 11) is 0. The van der Waals surface area contributed by atoms with Gasteiger partial charge in [0, 0.05) is 4.47 Å². The Balaban J connectivity index is 3.21. The van der Waals surface area contributed by atoms with Crippen LogP contribution in [0.25, 0.3) is 0 Å². The molecule has 0 saturated heterocycles. The highest BCUT2D eigenvalue weighted by molar-refractivity contribution is 9.10. The van der Waals surface area contributed by atoms with Gasteiger partial charge in [-0.1, -0.05) is 27.5 Å². The van der Waals surface area contributed by atoms with Crippen molar-refractivity contribution in [1.29, 1.82) is 0 Å². The monoisotopic (exact) mass is 317 g/mol. The zero-order chi connectivity index (χ0) is 12.5. The molecule has 0 saturated carbocycles. The highest BCUT2D eigenvalue weighted by atomic mass is 79.9. The molecular weight excluding hydrogens is 313 g/mol. The Hall–Kier alpha value is -0.620. The lowest BCUT2D eigenvalue weighted by atomic mass is 10.2. The van der Waals surface area contributed by atoms with E-state index in [-0.39, 0.29) is 0 Å². The molecule has 0 fully saturated rings. The Bertz CT molecular complexity index is 442. The molecule has 1 rings (SSSR count). The topological polar surface area (TPSA) is 12.4 Å². The molecule has 0 amide bonds. The van der Waals surface area contributed by atoms with Gasteiger partial charge in [-0.25, -0.2) is 9.38 Å². The molecule has 0 bridgehead atoms. The summed E-state index contributed by atoms with van der Waals surface area (Å²) in [6.07, 6.45) is -4.77. The van der Waals surface area contributed by atoms with Crippen molar-refractivity contribution in [3.8, 4) is 0 Å². The highest BCUT2D eigenvalue weighted by Crippen LogP contribution is 2.29. The normalized spacial score (nSPS) is 13.1. The van der Waals surface area contributed by atoms with Gasteiger partial charge in [-0.3, -0.25) is 0 Å². The number of hydrogen-bond acceptors (Lipinski definition) is 1. The van der Waals surface area contributed by atoms with Crippen molar-refractivity contribution in [1.82, 2.24) is 0 Å². The predicted octanol–water partition coefficient (Wildman–Crippen LogP) is 4.73. The van der Waals surface area contributed by atoms with Gasteiger partial charge in [0.1, 0.15) is 11.5 Å². The molecule has 88 valence electrons. The van der Waals surface area contributed by atoms with Crippen LogP contribution in [0, 0.1) is 12.7 Å². The molecule has 0 heterocycles. The molecule has 0 aliphatic carbocycles. The Morgan fingerprint density at radius 3 is 2.44 bits per heavy atom. The van der Waals surface area contributed by atoms with E-state index in [0.717, 1.165) is 6.07 Å². The van der Waals surface area contributed by atoms with E-state index in [2.05, 4.69) is 20.9 Å². The minimum atomic E-state index is -4.77. The van der Waals surface area contributed by atoms with E-state index >= 15 is 0 Å². The molecule has 0 unspecified atom stereocenters. The van der Waals surface area contributed by atoms with E-state index in [1.807, 2.05) is 0 Å². The molecule has 0 aromatic heterocycles. The van der Waals surface area contributed by atoms with Gasteiger partial charge in [0.15, 0.2) is 0 Å². The second-order valence-corrected chi connectivity index (χ2v) is 4.17. The zero-order valence-corrected chi connectivity index (χ0v) is 10.2. The Morgan fingerprint density at radius 2 is 1.94 bits per heavy atom. The average Bonchev–Trinajstić information content (AvgIpc) is 2.12. The standard InChI is InChI=1S/C9H5BrClF4N/c1-4-2-7(6(12)3-5(4)10)16-8(11)9(13,14)15/h2-3H,1H3. The Morgan fingerprint density at radius 1 is 1.38 bits per heavy atom. The molecule has 0 aliphatic heterocycles. The van der Waals surface area contributed by atoms with Crippen molar-refractivity contribution in [2.75, 3.05) is 0 Å². The van der Waals surface area contributed by atoms with E-state index in [4.69, 9.17) is 11.6 Å². The first-order valence-corrected chi connectivity index (χ1v) is 5.16. The molecule has 0 spiro atoms. The van der Waals surface area contributed by atoms with Gasteiger partial charge in [0.25, 0.3) is 0 Å². The van der Waals surface area contributed by atoms with Crippen molar-refractivity contribution in [3.63, 3.8) is 0 Å². The van der Waals surface area contributed by atoms with Crippen LogP contribution in [0.3, 0.4) is 0 Å². The fourth-order valence-electron chi connectivity index (χ4n) is 0.897. The third kappa shape index (κ3) is 3.18. The van der Waals surface area contributed by atoms with Crippen LogP contribution < -0.4 is 0 Å². The average molecular weight is 318 g/mol. The second kappa shape index (κ2) is 4.71. The summed E-state index contributed by atoms with van der Waals surface area (Å²) in [5.41, 5.74) is 0.120. The maximum Gasteiger partial charge on any atom is 0.444 e. The number of aliphatic imine (C=N–C) groups is 1. The van der Waals surface area contributed by atoms with Crippen molar-refractivity contribution in [3.05, 3.63) is 28.0 Å². The summed E-state index contributed by atoms with van der Waals surface area (Å²) in [6, 6.07) is 2.21. The Labute approximate surface area is 102 Å². The highest BCUT2D eigenvalue weighted by Gasteiger charge is 2.34. The first-order chi connectivity index (χ1) is 7.21. The van der Waals surface area contributed by atoms with Crippen LogP contribution in [-0.4, -0.2) is 11.3 Å². The fourth-order valence-corrected chi connectivity index (χ4v) is 1.30. The molecule has 16 heavy (non-hydrogen) atoms. The second-order valence-electron chi connectivity index (χ2n) is 2.95. The quantitative estimate of drug-likeness (QED) is 0.524. The fraction of sp³-hybridized carbons (Fsp3) is 0.222. The molecule has 0 N–H and O–H groups in total. The van der Waals surface area contributed by atoms with E-state index in [1.165, 1.54) is 6.07 Å². The number of aryl methyl sites for hydroxylation is 1. The van der Waals surface area contributed by atoms with Crippen molar-refractivity contribution in [2.45, 2.75) is 13.1 Å². The van der Waals surface area contributed by atoms with Crippen LogP contribution in [0.4, 0.5) is 23.2 Å². The predicted molar refractivity (Wildman–Crippen MR) is 57.8 cm³/mol. The first-order valence-electron chi connectivity index (χ1n) is 3.99. The van der Waals surface area contributed by atoms with Gasteiger partial charge < -0.3 is 0 Å². The lowest BCUT2D eigenvalue weighted by Crippen LogP contribution is -2.16. The number of benzene rings is 1. The largest absolute Gasteiger partial charge is 0.444 e.